The molecule has 0 bridgehead atoms. The van der Waals surface area contributed by atoms with Crippen molar-refractivity contribution in [2.75, 3.05) is 11.9 Å². The van der Waals surface area contributed by atoms with Crippen molar-refractivity contribution < 1.29 is 14.3 Å². The van der Waals surface area contributed by atoms with Crippen molar-refractivity contribution in [2.45, 2.75) is 6.92 Å². The molecule has 0 spiro atoms. The first-order chi connectivity index (χ1) is 10.1. The van der Waals surface area contributed by atoms with Crippen LogP contribution in [0.1, 0.15) is 27.6 Å². The molecule has 1 aromatic heterocycles. The number of benzene rings is 1. The van der Waals surface area contributed by atoms with E-state index in [1.807, 2.05) is 6.92 Å². The first-order valence-electron chi connectivity index (χ1n) is 6.41. The molecule has 21 heavy (non-hydrogen) atoms. The highest BCUT2D eigenvalue weighted by Gasteiger charge is 2.13. The number of aromatic nitrogens is 1. The predicted molar refractivity (Wildman–Crippen MR) is 78.3 cm³/mol. The maximum Gasteiger partial charge on any atom is 0.261 e. The van der Waals surface area contributed by atoms with E-state index in [2.05, 4.69) is 10.3 Å². The minimum Gasteiger partial charge on any atom is -0.477 e. The number of primary amides is 1. The van der Waals surface area contributed by atoms with Crippen LogP contribution < -0.4 is 15.8 Å². The third-order valence-electron chi connectivity index (χ3n) is 2.70. The molecule has 2 aromatic rings. The van der Waals surface area contributed by atoms with E-state index in [0.717, 1.165) is 0 Å². The van der Waals surface area contributed by atoms with Gasteiger partial charge in [-0.1, -0.05) is 6.07 Å². The lowest BCUT2D eigenvalue weighted by atomic mass is 10.2. The number of nitrogens with zero attached hydrogens (tertiary/aromatic N) is 1. The fourth-order valence-electron chi connectivity index (χ4n) is 1.76. The van der Waals surface area contributed by atoms with Crippen molar-refractivity contribution >= 4 is 17.5 Å². The van der Waals surface area contributed by atoms with E-state index in [1.54, 1.807) is 36.5 Å². The lowest BCUT2D eigenvalue weighted by Gasteiger charge is -2.09. The van der Waals surface area contributed by atoms with Crippen LogP contribution in [0.15, 0.2) is 42.6 Å². The Kier molecular flexibility index (Phi) is 4.50. The molecule has 108 valence electrons. The summed E-state index contributed by atoms with van der Waals surface area (Å²) < 4.78 is 5.31. The lowest BCUT2D eigenvalue weighted by molar-refractivity contribution is 0.0995. The van der Waals surface area contributed by atoms with Crippen molar-refractivity contribution in [1.82, 2.24) is 4.98 Å². The molecule has 2 rings (SSSR count). The van der Waals surface area contributed by atoms with E-state index >= 15 is 0 Å². The highest BCUT2D eigenvalue weighted by molar-refractivity contribution is 6.06. The molecule has 6 nitrogen and oxygen atoms in total. The summed E-state index contributed by atoms with van der Waals surface area (Å²) in [4.78, 5) is 27.4. The van der Waals surface area contributed by atoms with Gasteiger partial charge in [0.25, 0.3) is 5.91 Å². The molecule has 1 aromatic carbocycles. The highest BCUT2D eigenvalue weighted by Crippen LogP contribution is 2.17. The summed E-state index contributed by atoms with van der Waals surface area (Å²) in [7, 11) is 0. The summed E-state index contributed by atoms with van der Waals surface area (Å²) in [6.07, 6.45) is 1.55. The van der Waals surface area contributed by atoms with Gasteiger partial charge in [0.05, 0.1) is 6.61 Å². The van der Waals surface area contributed by atoms with Gasteiger partial charge in [-0.25, -0.2) is 4.98 Å². The van der Waals surface area contributed by atoms with Gasteiger partial charge in [0.1, 0.15) is 5.56 Å². The molecular formula is C15H15N3O3. The van der Waals surface area contributed by atoms with Gasteiger partial charge >= 0.3 is 0 Å². The van der Waals surface area contributed by atoms with E-state index < -0.39 is 5.91 Å². The Morgan fingerprint density at radius 3 is 2.81 bits per heavy atom. The average Bonchev–Trinajstić information content (AvgIpc) is 2.48. The number of nitrogens with one attached hydrogen (secondary N) is 1. The first kappa shape index (κ1) is 14.5. The number of rotatable bonds is 5. The van der Waals surface area contributed by atoms with E-state index in [9.17, 15) is 9.59 Å². The van der Waals surface area contributed by atoms with Crippen LogP contribution in [0.25, 0.3) is 0 Å². The standard InChI is InChI=1S/C15H15N3O3/c1-2-21-15-12(7-4-8-17-15)14(20)18-11-6-3-5-10(9-11)13(16)19/h3-9H,2H2,1H3,(H2,16,19)(H,18,20). The number of anilines is 1. The average molecular weight is 285 g/mol. The van der Waals surface area contributed by atoms with Crippen molar-refractivity contribution in [2.24, 2.45) is 5.73 Å². The summed E-state index contributed by atoms with van der Waals surface area (Å²) in [6.45, 7) is 2.22. The predicted octanol–water partition coefficient (Wildman–Crippen LogP) is 1.83. The van der Waals surface area contributed by atoms with Crippen molar-refractivity contribution in [3.63, 3.8) is 0 Å². The van der Waals surface area contributed by atoms with Crippen molar-refractivity contribution in [3.05, 3.63) is 53.7 Å². The third kappa shape index (κ3) is 3.56. The number of hydrogen-bond acceptors (Lipinski definition) is 4. The molecule has 6 heteroatoms. The Labute approximate surface area is 121 Å². The molecule has 0 aliphatic carbocycles. The Hall–Kier alpha value is -2.89. The summed E-state index contributed by atoms with van der Waals surface area (Å²) in [6, 6.07) is 9.66. The Bertz CT molecular complexity index is 671. The van der Waals surface area contributed by atoms with Gasteiger partial charge in [0.15, 0.2) is 0 Å². The van der Waals surface area contributed by atoms with Crippen LogP contribution in [-0.2, 0) is 0 Å². The molecule has 0 fully saturated rings. The number of carbonyl (C=O) groups is 2. The summed E-state index contributed by atoms with van der Waals surface area (Å²) in [5, 5.41) is 2.69. The lowest BCUT2D eigenvalue weighted by Crippen LogP contribution is -2.16. The number of pyridine rings is 1. The largest absolute Gasteiger partial charge is 0.477 e. The van der Waals surface area contributed by atoms with Gasteiger partial charge < -0.3 is 15.8 Å². The van der Waals surface area contributed by atoms with Gasteiger partial charge in [0.2, 0.25) is 11.8 Å². The number of carbonyl (C=O) groups excluding carboxylic acids is 2. The molecule has 0 aliphatic rings. The molecule has 3 N–H and O–H groups in total. The number of amides is 2. The molecule has 2 amide bonds. The van der Waals surface area contributed by atoms with Crippen LogP contribution in [0.2, 0.25) is 0 Å². The zero-order valence-corrected chi connectivity index (χ0v) is 11.5. The second-order valence-electron chi connectivity index (χ2n) is 4.19. The van der Waals surface area contributed by atoms with Gasteiger partial charge in [-0.15, -0.1) is 0 Å². The minimum atomic E-state index is -0.553. The van der Waals surface area contributed by atoms with E-state index in [-0.39, 0.29) is 11.8 Å². The third-order valence-corrected chi connectivity index (χ3v) is 2.70. The second-order valence-corrected chi connectivity index (χ2v) is 4.19. The van der Waals surface area contributed by atoms with E-state index in [0.29, 0.717) is 23.4 Å². The zero-order valence-electron chi connectivity index (χ0n) is 11.5. The van der Waals surface area contributed by atoms with E-state index in [1.165, 1.54) is 6.07 Å². The first-order valence-corrected chi connectivity index (χ1v) is 6.41. The number of ether oxygens (including phenoxy) is 1. The van der Waals surface area contributed by atoms with Crippen LogP contribution in [0.4, 0.5) is 5.69 Å². The van der Waals surface area contributed by atoms with Gasteiger partial charge in [-0.2, -0.15) is 0 Å². The van der Waals surface area contributed by atoms with Gasteiger partial charge in [-0.05, 0) is 37.3 Å². The zero-order chi connectivity index (χ0) is 15.2. The Morgan fingerprint density at radius 1 is 1.29 bits per heavy atom. The monoisotopic (exact) mass is 285 g/mol. The Morgan fingerprint density at radius 2 is 2.10 bits per heavy atom. The van der Waals surface area contributed by atoms with Crippen LogP contribution in [0, 0.1) is 0 Å². The minimum absolute atomic E-state index is 0.267. The molecule has 0 aliphatic heterocycles. The quantitative estimate of drug-likeness (QED) is 0.876. The van der Waals surface area contributed by atoms with Crippen molar-refractivity contribution in [3.8, 4) is 5.88 Å². The number of nitrogens with two attached hydrogens (primary N) is 1. The topological polar surface area (TPSA) is 94.3 Å². The Balaban J connectivity index is 2.22. The molecule has 0 unspecified atom stereocenters. The van der Waals surface area contributed by atoms with Gasteiger partial charge in [0, 0.05) is 17.4 Å². The summed E-state index contributed by atoms with van der Waals surface area (Å²) >= 11 is 0. The van der Waals surface area contributed by atoms with Gasteiger partial charge in [-0.3, -0.25) is 9.59 Å². The van der Waals surface area contributed by atoms with Crippen LogP contribution >= 0.6 is 0 Å². The van der Waals surface area contributed by atoms with Crippen molar-refractivity contribution in [1.29, 1.82) is 0 Å². The maximum absolute atomic E-state index is 12.2. The fraction of sp³-hybridized carbons (Fsp3) is 0.133. The molecule has 0 saturated carbocycles. The summed E-state index contributed by atoms with van der Waals surface area (Å²) in [5.41, 5.74) is 6.33. The number of hydrogen-bond donors (Lipinski definition) is 2. The normalized spacial score (nSPS) is 9.95. The maximum atomic E-state index is 12.2. The second kappa shape index (κ2) is 6.51. The van der Waals surface area contributed by atoms with Crippen LogP contribution in [-0.4, -0.2) is 23.4 Å². The molecular weight excluding hydrogens is 270 g/mol. The molecule has 0 saturated heterocycles. The smallest absolute Gasteiger partial charge is 0.261 e. The fourth-order valence-corrected chi connectivity index (χ4v) is 1.76. The SMILES string of the molecule is CCOc1ncccc1C(=O)Nc1cccc(C(N)=O)c1. The van der Waals surface area contributed by atoms with Crippen LogP contribution in [0.5, 0.6) is 5.88 Å². The molecule has 0 radical (unpaired) electrons. The molecule has 0 atom stereocenters. The summed E-state index contributed by atoms with van der Waals surface area (Å²) in [5.74, 6) is -0.654. The highest BCUT2D eigenvalue weighted by atomic mass is 16.5. The van der Waals surface area contributed by atoms with Crippen LogP contribution in [0.3, 0.4) is 0 Å². The van der Waals surface area contributed by atoms with E-state index in [4.69, 9.17) is 10.5 Å². The molecule has 1 heterocycles.